The molecule has 19 heavy (non-hydrogen) atoms. The molecular formula is C14H13BrClNO2. The number of hydrogen-bond donors (Lipinski definition) is 0. The number of pyridine rings is 1. The van der Waals surface area contributed by atoms with Gasteiger partial charge in [-0.15, -0.1) is 0 Å². The van der Waals surface area contributed by atoms with E-state index in [0.29, 0.717) is 26.9 Å². The molecule has 0 aliphatic carbocycles. The number of halogens is 2. The molecule has 0 N–H and O–H groups in total. The molecule has 0 spiro atoms. The van der Waals surface area contributed by atoms with Crippen LogP contribution in [-0.2, 0) is 6.42 Å². The van der Waals surface area contributed by atoms with E-state index in [4.69, 9.17) is 21.1 Å². The minimum atomic E-state index is 0.451. The average Bonchev–Trinajstić information content (AvgIpc) is 2.42. The summed E-state index contributed by atoms with van der Waals surface area (Å²) >= 11 is 9.21. The summed E-state index contributed by atoms with van der Waals surface area (Å²) in [5.41, 5.74) is 1.19. The molecule has 5 heteroatoms. The van der Waals surface area contributed by atoms with Crippen molar-refractivity contribution in [1.29, 1.82) is 0 Å². The van der Waals surface area contributed by atoms with E-state index in [1.54, 1.807) is 13.2 Å². The average molecular weight is 343 g/mol. The number of ether oxygens (including phenoxy) is 2. The van der Waals surface area contributed by atoms with Crippen molar-refractivity contribution in [3.63, 3.8) is 0 Å². The molecular weight excluding hydrogens is 330 g/mol. The molecule has 0 aliphatic heterocycles. The van der Waals surface area contributed by atoms with Gasteiger partial charge in [-0.25, -0.2) is 4.98 Å². The van der Waals surface area contributed by atoms with Crippen molar-refractivity contribution < 1.29 is 9.47 Å². The molecule has 0 bridgehead atoms. The first-order valence-electron chi connectivity index (χ1n) is 5.80. The van der Waals surface area contributed by atoms with Crippen LogP contribution in [-0.4, -0.2) is 12.1 Å². The standard InChI is InChI=1S/C14H13BrClNO2/c1-3-9-4-5-12(13(6-9)18-2)19-14-11(15)7-10(16)8-17-14/h4-8H,3H2,1-2H3. The lowest BCUT2D eigenvalue weighted by Crippen LogP contribution is -1.94. The van der Waals surface area contributed by atoms with Crippen LogP contribution in [0.3, 0.4) is 0 Å². The molecule has 1 aromatic heterocycles. The first-order valence-corrected chi connectivity index (χ1v) is 6.97. The van der Waals surface area contributed by atoms with Gasteiger partial charge in [0.15, 0.2) is 11.5 Å². The van der Waals surface area contributed by atoms with Gasteiger partial charge in [0.25, 0.3) is 0 Å². The predicted octanol–water partition coefficient (Wildman–Crippen LogP) is 4.86. The predicted molar refractivity (Wildman–Crippen MR) is 79.4 cm³/mol. The molecule has 0 aliphatic rings. The monoisotopic (exact) mass is 341 g/mol. The van der Waals surface area contributed by atoms with E-state index in [0.717, 1.165) is 6.42 Å². The lowest BCUT2D eigenvalue weighted by molar-refractivity contribution is 0.373. The second-order valence-electron chi connectivity index (χ2n) is 3.88. The molecule has 2 aromatic rings. The van der Waals surface area contributed by atoms with Crippen LogP contribution in [0.4, 0.5) is 0 Å². The van der Waals surface area contributed by atoms with Crippen molar-refractivity contribution in [2.24, 2.45) is 0 Å². The molecule has 0 fully saturated rings. The fourth-order valence-corrected chi connectivity index (χ4v) is 2.32. The summed E-state index contributed by atoms with van der Waals surface area (Å²) in [4.78, 5) is 4.13. The van der Waals surface area contributed by atoms with Gasteiger partial charge in [-0.05, 0) is 46.1 Å². The largest absolute Gasteiger partial charge is 0.493 e. The molecule has 0 unspecified atom stereocenters. The molecule has 0 atom stereocenters. The highest BCUT2D eigenvalue weighted by Crippen LogP contribution is 2.35. The van der Waals surface area contributed by atoms with Gasteiger partial charge < -0.3 is 9.47 Å². The summed E-state index contributed by atoms with van der Waals surface area (Å²) in [7, 11) is 1.62. The quantitative estimate of drug-likeness (QED) is 0.795. The SMILES string of the molecule is CCc1ccc(Oc2ncc(Cl)cc2Br)c(OC)c1. The zero-order chi connectivity index (χ0) is 13.8. The number of hydrogen-bond acceptors (Lipinski definition) is 3. The molecule has 0 radical (unpaired) electrons. The zero-order valence-corrected chi connectivity index (χ0v) is 13.0. The van der Waals surface area contributed by atoms with Crippen LogP contribution in [0.1, 0.15) is 12.5 Å². The highest BCUT2D eigenvalue weighted by atomic mass is 79.9. The van der Waals surface area contributed by atoms with Gasteiger partial charge in [-0.2, -0.15) is 0 Å². The highest BCUT2D eigenvalue weighted by molar-refractivity contribution is 9.10. The first-order chi connectivity index (χ1) is 9.13. The lowest BCUT2D eigenvalue weighted by atomic mass is 10.1. The maximum absolute atomic E-state index is 5.85. The van der Waals surface area contributed by atoms with Crippen molar-refractivity contribution in [1.82, 2.24) is 4.98 Å². The Hall–Kier alpha value is -1.26. The molecule has 0 saturated heterocycles. The summed E-state index contributed by atoms with van der Waals surface area (Å²) in [5.74, 6) is 1.75. The fraction of sp³-hybridized carbons (Fsp3) is 0.214. The van der Waals surface area contributed by atoms with E-state index < -0.39 is 0 Å². The minimum Gasteiger partial charge on any atom is -0.493 e. The molecule has 0 amide bonds. The number of aryl methyl sites for hydroxylation is 1. The number of nitrogens with zero attached hydrogens (tertiary/aromatic N) is 1. The molecule has 100 valence electrons. The molecule has 1 aromatic carbocycles. The molecule has 2 rings (SSSR count). The maximum Gasteiger partial charge on any atom is 0.233 e. The van der Waals surface area contributed by atoms with Crippen LogP contribution in [0, 0.1) is 0 Å². The Bertz CT molecular complexity index is 590. The van der Waals surface area contributed by atoms with E-state index in [-0.39, 0.29) is 0 Å². The third-order valence-corrected chi connectivity index (χ3v) is 3.39. The fourth-order valence-electron chi connectivity index (χ4n) is 1.60. The third kappa shape index (κ3) is 3.39. The van der Waals surface area contributed by atoms with Crippen LogP contribution in [0.5, 0.6) is 17.4 Å². The van der Waals surface area contributed by atoms with Crippen molar-refractivity contribution >= 4 is 27.5 Å². The van der Waals surface area contributed by atoms with Crippen LogP contribution >= 0.6 is 27.5 Å². The van der Waals surface area contributed by atoms with E-state index >= 15 is 0 Å². The van der Waals surface area contributed by atoms with Crippen LogP contribution in [0.2, 0.25) is 5.02 Å². The van der Waals surface area contributed by atoms with E-state index in [2.05, 4.69) is 27.8 Å². The van der Waals surface area contributed by atoms with Gasteiger partial charge >= 0.3 is 0 Å². The summed E-state index contributed by atoms with van der Waals surface area (Å²) in [6, 6.07) is 7.57. The van der Waals surface area contributed by atoms with Gasteiger partial charge in [0, 0.05) is 6.20 Å². The van der Waals surface area contributed by atoms with Gasteiger partial charge in [0.2, 0.25) is 5.88 Å². The van der Waals surface area contributed by atoms with Gasteiger partial charge in [-0.3, -0.25) is 0 Å². The van der Waals surface area contributed by atoms with Crippen molar-refractivity contribution in [3.05, 3.63) is 45.5 Å². The van der Waals surface area contributed by atoms with Crippen LogP contribution in [0.15, 0.2) is 34.9 Å². The van der Waals surface area contributed by atoms with E-state index in [1.165, 1.54) is 11.8 Å². The number of benzene rings is 1. The Labute approximate surface area is 125 Å². The lowest BCUT2D eigenvalue weighted by Gasteiger charge is -2.11. The Kier molecular flexibility index (Phi) is 4.66. The van der Waals surface area contributed by atoms with Crippen LogP contribution < -0.4 is 9.47 Å². The zero-order valence-electron chi connectivity index (χ0n) is 10.6. The van der Waals surface area contributed by atoms with Gasteiger partial charge in [-0.1, -0.05) is 24.6 Å². The second kappa shape index (κ2) is 6.26. The topological polar surface area (TPSA) is 31.4 Å². The normalized spacial score (nSPS) is 10.3. The smallest absolute Gasteiger partial charge is 0.233 e. The Morgan fingerprint density at radius 1 is 1.26 bits per heavy atom. The van der Waals surface area contributed by atoms with E-state index in [1.807, 2.05) is 18.2 Å². The van der Waals surface area contributed by atoms with Crippen LogP contribution in [0.25, 0.3) is 0 Å². The third-order valence-electron chi connectivity index (χ3n) is 2.62. The van der Waals surface area contributed by atoms with Crippen molar-refractivity contribution in [3.8, 4) is 17.4 Å². The summed E-state index contributed by atoms with van der Waals surface area (Å²) in [6.07, 6.45) is 2.48. The summed E-state index contributed by atoms with van der Waals surface area (Å²) < 4.78 is 11.8. The summed E-state index contributed by atoms with van der Waals surface area (Å²) in [5, 5.41) is 0.549. The number of aromatic nitrogens is 1. The number of rotatable bonds is 4. The van der Waals surface area contributed by atoms with Crippen molar-refractivity contribution in [2.45, 2.75) is 13.3 Å². The summed E-state index contributed by atoms with van der Waals surface area (Å²) in [6.45, 7) is 2.09. The Morgan fingerprint density at radius 2 is 2.05 bits per heavy atom. The maximum atomic E-state index is 5.85. The molecule has 0 saturated carbocycles. The van der Waals surface area contributed by atoms with Gasteiger partial charge in [0.1, 0.15) is 0 Å². The molecule has 1 heterocycles. The Balaban J connectivity index is 2.32. The molecule has 3 nitrogen and oxygen atoms in total. The Morgan fingerprint density at radius 3 is 2.68 bits per heavy atom. The number of methoxy groups -OCH3 is 1. The van der Waals surface area contributed by atoms with Gasteiger partial charge in [0.05, 0.1) is 16.6 Å². The van der Waals surface area contributed by atoms with E-state index in [9.17, 15) is 0 Å². The minimum absolute atomic E-state index is 0.451. The van der Waals surface area contributed by atoms with Crippen molar-refractivity contribution in [2.75, 3.05) is 7.11 Å². The first kappa shape index (κ1) is 14.2. The highest BCUT2D eigenvalue weighted by Gasteiger charge is 2.10. The second-order valence-corrected chi connectivity index (χ2v) is 5.17.